The molecule has 0 saturated carbocycles. The van der Waals surface area contributed by atoms with Crippen molar-refractivity contribution in [3.8, 4) is 28.7 Å². The summed E-state index contributed by atoms with van der Waals surface area (Å²) in [5.41, 5.74) is 12.0. The van der Waals surface area contributed by atoms with Gasteiger partial charge in [-0.1, -0.05) is 133 Å². The van der Waals surface area contributed by atoms with E-state index in [2.05, 4.69) is 185 Å². The van der Waals surface area contributed by atoms with Crippen molar-refractivity contribution in [1.82, 2.24) is 4.40 Å². The molecule has 0 radical (unpaired) electrons. The van der Waals surface area contributed by atoms with Crippen LogP contribution in [0.15, 0.2) is 170 Å². The topological polar surface area (TPSA) is 16.9 Å². The van der Waals surface area contributed by atoms with Crippen molar-refractivity contribution in [2.45, 2.75) is 24.9 Å². The predicted octanol–water partition coefficient (Wildman–Crippen LogP) is 12.8. The maximum absolute atomic E-state index is 6.82. The summed E-state index contributed by atoms with van der Waals surface area (Å²) < 4.78 is 9.37. The first-order chi connectivity index (χ1) is 27.3. The highest BCUT2D eigenvalue weighted by Gasteiger charge is 2.29. The number of fused-ring (bicyclic) bond motifs is 14. The minimum atomic E-state index is -0.469. The van der Waals surface area contributed by atoms with Crippen LogP contribution in [0.4, 0.5) is 11.4 Å². The maximum Gasteiger partial charge on any atom is 0.199 e. The summed E-state index contributed by atoms with van der Waals surface area (Å²) in [5.74, 6) is 7.93. The van der Waals surface area contributed by atoms with Gasteiger partial charge in [0.15, 0.2) is 6.10 Å². The number of nitrogens with zero attached hydrogens (tertiary/aromatic N) is 2. The lowest BCUT2D eigenvalue weighted by atomic mass is 9.93. The van der Waals surface area contributed by atoms with Crippen LogP contribution >= 0.6 is 0 Å². The van der Waals surface area contributed by atoms with Gasteiger partial charge in [0.2, 0.25) is 0 Å². The quantitative estimate of drug-likeness (QED) is 0.134. The van der Waals surface area contributed by atoms with Gasteiger partial charge in [0, 0.05) is 44.4 Å². The molecule has 3 heteroatoms. The molecule has 0 fully saturated rings. The molecule has 55 heavy (non-hydrogen) atoms. The largest absolute Gasteiger partial charge is 0.471 e. The summed E-state index contributed by atoms with van der Waals surface area (Å²) >= 11 is 0. The Kier molecular flexibility index (Phi) is 6.50. The number of aryl methyl sites for hydroxylation is 1. The van der Waals surface area contributed by atoms with Crippen molar-refractivity contribution in [3.63, 3.8) is 0 Å². The van der Waals surface area contributed by atoms with E-state index in [4.69, 9.17) is 4.74 Å². The van der Waals surface area contributed by atoms with E-state index in [9.17, 15) is 0 Å². The molecular formula is C52H34N2O. The highest BCUT2D eigenvalue weighted by atomic mass is 16.5. The zero-order valence-electron chi connectivity index (χ0n) is 30.0. The molecule has 1 aliphatic heterocycles. The van der Waals surface area contributed by atoms with E-state index >= 15 is 0 Å². The van der Waals surface area contributed by atoms with Gasteiger partial charge in [-0.15, -0.1) is 0 Å². The summed E-state index contributed by atoms with van der Waals surface area (Å²) in [6, 6.07) is 50.7. The van der Waals surface area contributed by atoms with E-state index in [0.29, 0.717) is 0 Å². The van der Waals surface area contributed by atoms with Crippen molar-refractivity contribution in [2.24, 2.45) is 0 Å². The minimum Gasteiger partial charge on any atom is -0.471 e. The molecular weight excluding hydrogens is 669 g/mol. The van der Waals surface area contributed by atoms with Crippen molar-refractivity contribution in [3.05, 3.63) is 186 Å². The third-order valence-electron chi connectivity index (χ3n) is 11.9. The van der Waals surface area contributed by atoms with Gasteiger partial charge in [-0.25, -0.2) is 0 Å². The Bertz CT molecular complexity index is 3190. The molecule has 0 spiro atoms. The molecule has 3 nitrogen and oxygen atoms in total. The fourth-order valence-corrected chi connectivity index (χ4v) is 9.39. The van der Waals surface area contributed by atoms with Crippen LogP contribution in [0.5, 0.6) is 5.75 Å². The minimum absolute atomic E-state index is 0.0149. The summed E-state index contributed by atoms with van der Waals surface area (Å²) in [7, 11) is 0. The number of ether oxygens (including phenoxy) is 1. The third-order valence-corrected chi connectivity index (χ3v) is 11.9. The van der Waals surface area contributed by atoms with E-state index in [1.165, 1.54) is 71.1 Å². The molecule has 0 amide bonds. The molecule has 3 heterocycles. The van der Waals surface area contributed by atoms with Gasteiger partial charge in [0.1, 0.15) is 5.75 Å². The zero-order chi connectivity index (χ0) is 36.0. The van der Waals surface area contributed by atoms with E-state index in [1.54, 1.807) is 0 Å². The number of anilines is 2. The average molecular weight is 703 g/mol. The second-order valence-corrected chi connectivity index (χ2v) is 14.9. The Hall–Kier alpha value is -7.02. The molecule has 9 aromatic rings. The van der Waals surface area contributed by atoms with Crippen LogP contribution < -0.4 is 9.64 Å². The third kappa shape index (κ3) is 4.52. The van der Waals surface area contributed by atoms with Gasteiger partial charge in [0.25, 0.3) is 0 Å². The number of benzene rings is 7. The van der Waals surface area contributed by atoms with Crippen molar-refractivity contribution < 1.29 is 4.74 Å². The van der Waals surface area contributed by atoms with Crippen LogP contribution in [0.3, 0.4) is 0 Å². The van der Waals surface area contributed by atoms with Gasteiger partial charge < -0.3 is 14.0 Å². The van der Waals surface area contributed by atoms with Crippen LogP contribution in [0.25, 0.3) is 65.9 Å². The van der Waals surface area contributed by atoms with Gasteiger partial charge in [0.05, 0.1) is 22.6 Å². The molecule has 12 rings (SSSR count). The Morgan fingerprint density at radius 3 is 2.38 bits per heavy atom. The average Bonchev–Trinajstić information content (AvgIpc) is 3.71. The summed E-state index contributed by atoms with van der Waals surface area (Å²) in [4.78, 5) is 2.35. The zero-order valence-corrected chi connectivity index (χ0v) is 30.0. The van der Waals surface area contributed by atoms with Gasteiger partial charge in [-0.3, -0.25) is 0 Å². The molecule has 2 atom stereocenters. The fourth-order valence-electron chi connectivity index (χ4n) is 9.39. The predicted molar refractivity (Wildman–Crippen MR) is 229 cm³/mol. The number of aromatic nitrogens is 1. The lowest BCUT2D eigenvalue weighted by molar-refractivity contribution is 0.290. The fraction of sp³-hybridized carbons (Fsp3) is 0.0769. The molecule has 3 aliphatic rings. The Labute approximate surface area is 319 Å². The molecule has 2 aliphatic carbocycles. The Morgan fingerprint density at radius 1 is 0.655 bits per heavy atom. The van der Waals surface area contributed by atoms with Crippen LogP contribution in [0.1, 0.15) is 29.2 Å². The normalized spacial score (nSPS) is 18.6. The molecule has 258 valence electrons. The van der Waals surface area contributed by atoms with E-state index < -0.39 is 6.10 Å². The Morgan fingerprint density at radius 2 is 1.45 bits per heavy atom. The monoisotopic (exact) mass is 702 g/mol. The second-order valence-electron chi connectivity index (χ2n) is 14.9. The van der Waals surface area contributed by atoms with Crippen LogP contribution in [0.2, 0.25) is 0 Å². The van der Waals surface area contributed by atoms with Gasteiger partial charge in [-0.2, -0.15) is 0 Å². The molecule has 2 bridgehead atoms. The summed E-state index contributed by atoms with van der Waals surface area (Å²) in [5, 5.41) is 8.99. The molecule has 0 N–H and O–H groups in total. The highest BCUT2D eigenvalue weighted by molar-refractivity contribution is 6.30. The van der Waals surface area contributed by atoms with Crippen molar-refractivity contribution in [1.29, 1.82) is 0 Å². The lowest BCUT2D eigenvalue weighted by Crippen LogP contribution is -2.29. The molecule has 2 unspecified atom stereocenters. The number of rotatable bonds is 4. The smallest absolute Gasteiger partial charge is 0.199 e. The van der Waals surface area contributed by atoms with E-state index in [1.807, 2.05) is 6.07 Å². The molecule has 0 saturated heterocycles. The summed E-state index contributed by atoms with van der Waals surface area (Å²) in [6.45, 7) is 0. The van der Waals surface area contributed by atoms with Crippen molar-refractivity contribution in [2.75, 3.05) is 4.90 Å². The number of hydrogen-bond donors (Lipinski definition) is 0. The first-order valence-electron chi connectivity index (χ1n) is 19.2. The standard InChI is InChI=1S/C52H34N2O/c1-2-11-33(12-3-1)34-21-26-37(27-22-34)53(48-19-10-13-35-25-30-50(48)55-49-20-9-6-14-39(35)49)38-28-23-36-24-29-41-44(43(36)31-38)32-45-40-15-4-7-17-46(40)54-47-18-8-5-16-42(47)51(41)52(45)54/h1-6,8-16,18-24,26-29,31-32,35,50H,7,17H2/b13-10-,48-19+. The maximum atomic E-state index is 6.82. The summed E-state index contributed by atoms with van der Waals surface area (Å²) in [6.07, 6.45) is 12.9. The highest BCUT2D eigenvalue weighted by Crippen LogP contribution is 2.46. The first-order valence-corrected chi connectivity index (χ1v) is 19.2. The number of para-hydroxylation sites is 2. The van der Waals surface area contributed by atoms with Crippen LogP contribution in [-0.2, 0) is 6.42 Å². The first kappa shape index (κ1) is 30.4. The van der Waals surface area contributed by atoms with E-state index in [-0.39, 0.29) is 5.92 Å². The second kappa shape index (κ2) is 11.7. The van der Waals surface area contributed by atoms with E-state index in [0.717, 1.165) is 41.2 Å². The van der Waals surface area contributed by atoms with Crippen LogP contribution in [-0.4, -0.2) is 10.5 Å². The lowest BCUT2D eigenvalue weighted by Gasteiger charge is -2.31. The number of allylic oxidation sites excluding steroid dienone is 4. The number of hydrogen-bond acceptors (Lipinski definition) is 2. The SMILES string of the molecule is C1#CC2/C=C\C=C(\N(c3ccc(-c4ccccc4)cc3)c3ccc4ccc5c(cc6c7c(n8c9ccccc9c5c68)CCC=C7)c4c3)C1Oc1ccccc12. The van der Waals surface area contributed by atoms with Gasteiger partial charge >= 0.3 is 0 Å². The molecule has 7 aromatic carbocycles. The van der Waals surface area contributed by atoms with Crippen LogP contribution in [0, 0.1) is 11.8 Å². The molecule has 2 aromatic heterocycles. The van der Waals surface area contributed by atoms with Crippen molar-refractivity contribution >= 4 is 66.2 Å². The van der Waals surface area contributed by atoms with Gasteiger partial charge in [-0.05, 0) is 94.1 Å². The Balaban J connectivity index is 1.10.